The molecule has 0 aromatic carbocycles. The fraction of sp³-hybridized carbons (Fsp3) is 0.848. The molecule has 12 nitrogen and oxygen atoms in total. The monoisotopic (exact) mass is 824 g/mol. The Hall–Kier alpha value is -2.67. The van der Waals surface area contributed by atoms with Crippen LogP contribution in [0.5, 0.6) is 0 Å². The second-order valence-electron chi connectivity index (χ2n) is 18.7. The van der Waals surface area contributed by atoms with Crippen molar-refractivity contribution in [2.75, 3.05) is 0 Å². The Morgan fingerprint density at radius 2 is 0.690 bits per heavy atom. The Labute approximate surface area is 348 Å². The third-order valence-corrected chi connectivity index (χ3v) is 12.5. The van der Waals surface area contributed by atoms with Gasteiger partial charge in [-0.15, -0.1) is 0 Å². The summed E-state index contributed by atoms with van der Waals surface area (Å²) in [6.45, 7) is 17.4. The van der Waals surface area contributed by atoms with Gasteiger partial charge in [0.25, 0.3) is 0 Å². The summed E-state index contributed by atoms with van der Waals surface area (Å²) >= 11 is 0. The van der Waals surface area contributed by atoms with Gasteiger partial charge in [-0.2, -0.15) is 0 Å². The second-order valence-corrected chi connectivity index (χ2v) is 18.7. The van der Waals surface area contributed by atoms with Crippen LogP contribution in [0.3, 0.4) is 0 Å². The number of carboxylic acids is 1. The zero-order chi connectivity index (χ0) is 45.1. The number of ketones is 6. The molecule has 0 aliphatic heterocycles. The SMILES string of the molecule is CC(=O)C(=O)[O-].CC(=O)[C@@]1(O)CCC[C@@H](C)C1.CC(=O)[C@@]1(O)CCC[C@H](C)C1.CC(=O)[C@]1(O)CCC[C@@H](C)C1.CC(=O)[C@]1(O)CCC[C@H](C)C1.CC1CCCC(=O)C1. The molecule has 5 fully saturated rings. The van der Waals surface area contributed by atoms with Gasteiger partial charge in [-0.3, -0.25) is 28.8 Å². The molecule has 4 N–H and O–H groups in total. The zero-order valence-electron chi connectivity index (χ0n) is 37.6. The van der Waals surface area contributed by atoms with Crippen molar-refractivity contribution in [1.29, 1.82) is 0 Å². The highest BCUT2D eigenvalue weighted by molar-refractivity contribution is 6.30. The molecular formula is C46H79O12-. The maximum absolute atomic E-state index is 11.0. The fourth-order valence-electron chi connectivity index (χ4n) is 8.61. The molecule has 0 radical (unpaired) electrons. The molecule has 5 rings (SSSR count). The molecule has 5 aliphatic carbocycles. The first-order chi connectivity index (χ1) is 26.6. The molecular weight excluding hydrogens is 744 g/mol. The van der Waals surface area contributed by atoms with E-state index in [0.29, 0.717) is 86.7 Å². The van der Waals surface area contributed by atoms with Crippen molar-refractivity contribution < 1.29 is 59.1 Å². The lowest BCUT2D eigenvalue weighted by Gasteiger charge is -2.33. The van der Waals surface area contributed by atoms with E-state index >= 15 is 0 Å². The van der Waals surface area contributed by atoms with Crippen molar-refractivity contribution in [3.8, 4) is 0 Å². The minimum absolute atomic E-state index is 0.0657. The number of hydrogen-bond donors (Lipinski definition) is 4. The summed E-state index contributed by atoms with van der Waals surface area (Å²) in [6.07, 6.45) is 17.8. The molecule has 0 aromatic rings. The molecule has 336 valence electrons. The maximum atomic E-state index is 11.0. The normalized spacial score (nSPS) is 34.3. The number of hydrogen-bond acceptors (Lipinski definition) is 12. The molecule has 5 aliphatic rings. The topological polar surface area (TPSA) is 223 Å². The maximum Gasteiger partial charge on any atom is 0.175 e. The summed E-state index contributed by atoms with van der Waals surface area (Å²) in [5, 5.41) is 48.3. The van der Waals surface area contributed by atoms with Crippen LogP contribution in [0, 0.1) is 29.6 Å². The van der Waals surface area contributed by atoms with Gasteiger partial charge < -0.3 is 30.3 Å². The van der Waals surface area contributed by atoms with E-state index < -0.39 is 34.2 Å². The summed E-state index contributed by atoms with van der Waals surface area (Å²) in [5.74, 6) is 0.289. The third-order valence-electron chi connectivity index (χ3n) is 12.5. The first kappa shape index (κ1) is 55.3. The molecule has 9 atom stereocenters. The lowest BCUT2D eigenvalue weighted by molar-refractivity contribution is -0.299. The van der Waals surface area contributed by atoms with Gasteiger partial charge in [-0.1, -0.05) is 60.3 Å². The Bertz CT molecular complexity index is 1200. The van der Waals surface area contributed by atoms with Crippen molar-refractivity contribution in [3.63, 3.8) is 0 Å². The number of carbonyl (C=O) groups is 7. The largest absolute Gasteiger partial charge is 0.542 e. The molecule has 0 bridgehead atoms. The summed E-state index contributed by atoms with van der Waals surface area (Å²) in [7, 11) is 0. The summed E-state index contributed by atoms with van der Waals surface area (Å²) < 4.78 is 0. The summed E-state index contributed by atoms with van der Waals surface area (Å²) in [4.78, 5) is 73.5. The number of carbonyl (C=O) groups excluding carboxylic acids is 7. The van der Waals surface area contributed by atoms with Crippen LogP contribution in [0.2, 0.25) is 0 Å². The standard InChI is InChI=1S/4C9H16O2.C7H12O.C3H4O3/c4*1-7-4-3-5-9(11,6-7)8(2)10;1-6-3-2-4-7(8)5-6;1-2(4)3(5)6/h4*7,11H,3-6H2,1-2H3;6H,2-5H2,1H3;1H3,(H,5,6)/p-1/t2*7-,9+;2*7-,9-;;/m1010../s1. The van der Waals surface area contributed by atoms with E-state index in [9.17, 15) is 59.1 Å². The van der Waals surface area contributed by atoms with Crippen LogP contribution in [0.4, 0.5) is 0 Å². The first-order valence-corrected chi connectivity index (χ1v) is 21.8. The molecule has 0 heterocycles. The molecule has 0 saturated heterocycles. The van der Waals surface area contributed by atoms with Crippen LogP contribution >= 0.6 is 0 Å². The average Bonchev–Trinajstić information content (AvgIpc) is 3.09. The van der Waals surface area contributed by atoms with E-state index in [-0.39, 0.29) is 23.1 Å². The van der Waals surface area contributed by atoms with Crippen LogP contribution in [0.25, 0.3) is 0 Å². The molecule has 12 heteroatoms. The first-order valence-electron chi connectivity index (χ1n) is 21.8. The smallest absolute Gasteiger partial charge is 0.175 e. The van der Waals surface area contributed by atoms with Gasteiger partial charge in [0, 0.05) is 19.8 Å². The van der Waals surface area contributed by atoms with Crippen LogP contribution in [-0.2, 0) is 33.6 Å². The number of Topliss-reactive ketones (excluding diaryl/α,β-unsaturated/α-hetero) is 6. The molecule has 0 amide bonds. The lowest BCUT2D eigenvalue weighted by atomic mass is 9.77. The van der Waals surface area contributed by atoms with Crippen LogP contribution in [0.15, 0.2) is 0 Å². The Morgan fingerprint density at radius 1 is 0.466 bits per heavy atom. The molecule has 5 saturated carbocycles. The van der Waals surface area contributed by atoms with Crippen molar-refractivity contribution in [2.24, 2.45) is 29.6 Å². The van der Waals surface area contributed by atoms with Gasteiger partial charge in [0.1, 0.15) is 34.2 Å². The van der Waals surface area contributed by atoms with E-state index in [4.69, 9.17) is 0 Å². The van der Waals surface area contributed by atoms with Gasteiger partial charge in [0.15, 0.2) is 28.9 Å². The predicted octanol–water partition coefficient (Wildman–Crippen LogP) is 6.16. The van der Waals surface area contributed by atoms with E-state index in [0.717, 1.165) is 77.6 Å². The Kier molecular flexibility index (Phi) is 24.7. The van der Waals surface area contributed by atoms with Crippen LogP contribution in [0.1, 0.15) is 198 Å². The van der Waals surface area contributed by atoms with Crippen molar-refractivity contribution in [1.82, 2.24) is 0 Å². The Balaban J connectivity index is 0.000000680. The van der Waals surface area contributed by atoms with Gasteiger partial charge in [-0.05, 0) is 147 Å². The van der Waals surface area contributed by atoms with E-state index in [2.05, 4.69) is 34.6 Å². The molecule has 1 unspecified atom stereocenters. The highest BCUT2D eigenvalue weighted by Gasteiger charge is 2.39. The van der Waals surface area contributed by atoms with Crippen LogP contribution in [-0.4, -0.2) is 83.5 Å². The Morgan fingerprint density at radius 3 is 0.810 bits per heavy atom. The van der Waals surface area contributed by atoms with Gasteiger partial charge >= 0.3 is 0 Å². The van der Waals surface area contributed by atoms with Gasteiger partial charge in [-0.25, -0.2) is 0 Å². The average molecular weight is 824 g/mol. The van der Waals surface area contributed by atoms with Crippen molar-refractivity contribution in [2.45, 2.75) is 220 Å². The summed E-state index contributed by atoms with van der Waals surface area (Å²) in [5.41, 5.74) is -3.95. The fourth-order valence-corrected chi connectivity index (χ4v) is 8.61. The zero-order valence-corrected chi connectivity index (χ0v) is 37.6. The highest BCUT2D eigenvalue weighted by atomic mass is 16.4. The molecule has 0 spiro atoms. The van der Waals surface area contributed by atoms with E-state index in [1.54, 1.807) is 0 Å². The van der Waals surface area contributed by atoms with Crippen LogP contribution < -0.4 is 5.11 Å². The number of aliphatic carboxylic acids is 1. The number of rotatable bonds is 5. The molecule has 0 aromatic heterocycles. The minimum atomic E-state index is -1.63. The summed E-state index contributed by atoms with van der Waals surface area (Å²) in [6, 6.07) is 0. The van der Waals surface area contributed by atoms with E-state index in [1.165, 1.54) is 34.1 Å². The quantitative estimate of drug-likeness (QED) is 0.229. The second kappa shape index (κ2) is 25.8. The van der Waals surface area contributed by atoms with Crippen molar-refractivity contribution >= 4 is 40.7 Å². The molecule has 58 heavy (non-hydrogen) atoms. The third kappa shape index (κ3) is 21.0. The number of aliphatic hydroxyl groups is 4. The number of carboxylic acid groups (broad SMARTS) is 1. The lowest BCUT2D eigenvalue weighted by Crippen LogP contribution is -2.41. The van der Waals surface area contributed by atoms with Gasteiger partial charge in [0.2, 0.25) is 0 Å². The predicted molar refractivity (Wildman–Crippen MR) is 221 cm³/mol. The van der Waals surface area contributed by atoms with E-state index in [1.807, 2.05) is 0 Å². The highest BCUT2D eigenvalue weighted by Crippen LogP contribution is 2.35. The minimum Gasteiger partial charge on any atom is -0.542 e. The van der Waals surface area contributed by atoms with Gasteiger partial charge in [0.05, 0.1) is 0 Å². The van der Waals surface area contributed by atoms with Crippen molar-refractivity contribution in [3.05, 3.63) is 0 Å².